The zero-order valence-electron chi connectivity index (χ0n) is 18.6. The van der Waals surface area contributed by atoms with E-state index in [1.54, 1.807) is 4.90 Å². The molecule has 2 atom stereocenters. The molecule has 1 aliphatic heterocycles. The van der Waals surface area contributed by atoms with Crippen molar-refractivity contribution in [2.24, 2.45) is 5.73 Å². The van der Waals surface area contributed by atoms with Gasteiger partial charge in [-0.05, 0) is 36.9 Å². The normalized spacial score (nSPS) is 17.0. The fourth-order valence-corrected chi connectivity index (χ4v) is 4.05. The van der Waals surface area contributed by atoms with Gasteiger partial charge < -0.3 is 16.0 Å². The summed E-state index contributed by atoms with van der Waals surface area (Å²) in [5.74, 6) is -0.621. The van der Waals surface area contributed by atoms with E-state index in [1.165, 1.54) is 4.90 Å². The lowest BCUT2D eigenvalue weighted by Crippen LogP contribution is -2.50. The molecule has 0 aliphatic carbocycles. The molecular weight excluding hydrogens is 404 g/mol. The van der Waals surface area contributed by atoms with Crippen LogP contribution in [0.15, 0.2) is 60.7 Å². The summed E-state index contributed by atoms with van der Waals surface area (Å²) >= 11 is 0. The van der Waals surface area contributed by atoms with E-state index in [9.17, 15) is 14.4 Å². The van der Waals surface area contributed by atoms with Crippen LogP contribution in [0.4, 0.5) is 4.79 Å². The number of carbonyl (C=O) groups excluding carboxylic acids is 3. The Hall–Kier alpha value is -3.19. The van der Waals surface area contributed by atoms with E-state index in [0.29, 0.717) is 45.3 Å². The van der Waals surface area contributed by atoms with Gasteiger partial charge >= 0.3 is 6.03 Å². The Morgan fingerprint density at radius 3 is 2.25 bits per heavy atom. The Morgan fingerprint density at radius 1 is 1.03 bits per heavy atom. The number of hydrogen-bond donors (Lipinski definition) is 2. The number of hydrogen-bond acceptors (Lipinski definition) is 4. The molecular formula is C25H32N4O3. The van der Waals surface area contributed by atoms with Gasteiger partial charge in [-0.2, -0.15) is 0 Å². The summed E-state index contributed by atoms with van der Waals surface area (Å²) in [5.41, 5.74) is 7.58. The molecule has 2 aromatic carbocycles. The van der Waals surface area contributed by atoms with Crippen molar-refractivity contribution in [1.29, 1.82) is 0 Å². The molecule has 2 aromatic rings. The predicted octanol–water partition coefficient (Wildman–Crippen LogP) is 3.04. The van der Waals surface area contributed by atoms with Crippen molar-refractivity contribution in [2.45, 2.75) is 57.8 Å². The van der Waals surface area contributed by atoms with Gasteiger partial charge in [-0.3, -0.25) is 9.59 Å². The van der Waals surface area contributed by atoms with E-state index >= 15 is 0 Å². The molecule has 0 radical (unpaired) electrons. The van der Waals surface area contributed by atoms with E-state index in [-0.39, 0.29) is 11.8 Å². The Labute approximate surface area is 189 Å². The molecule has 170 valence electrons. The fourth-order valence-electron chi connectivity index (χ4n) is 4.05. The third kappa shape index (κ3) is 5.53. The van der Waals surface area contributed by atoms with E-state index in [0.717, 1.165) is 11.1 Å². The molecule has 1 saturated heterocycles. The molecule has 0 bridgehead atoms. The molecule has 1 fully saturated rings. The highest BCUT2D eigenvalue weighted by molar-refractivity contribution is 6.07. The Kier molecular flexibility index (Phi) is 8.39. The number of imide groups is 1. The summed E-state index contributed by atoms with van der Waals surface area (Å²) in [6.45, 7) is 3.05. The quantitative estimate of drug-likeness (QED) is 0.529. The van der Waals surface area contributed by atoms with Gasteiger partial charge in [0.1, 0.15) is 12.1 Å². The van der Waals surface area contributed by atoms with Crippen LogP contribution in [-0.2, 0) is 22.7 Å². The Balaban J connectivity index is 1.80. The Bertz CT molecular complexity index is 904. The molecule has 0 aromatic heterocycles. The lowest BCUT2D eigenvalue weighted by Gasteiger charge is -2.25. The van der Waals surface area contributed by atoms with Crippen molar-refractivity contribution >= 4 is 17.8 Å². The highest BCUT2D eigenvalue weighted by atomic mass is 16.2. The number of nitrogens with two attached hydrogens (primary N) is 1. The molecule has 3 rings (SSSR count). The zero-order chi connectivity index (χ0) is 22.9. The maximum absolute atomic E-state index is 13.4. The second kappa shape index (κ2) is 11.4. The van der Waals surface area contributed by atoms with Gasteiger partial charge in [-0.15, -0.1) is 0 Å². The molecule has 1 aliphatic rings. The van der Waals surface area contributed by atoms with Crippen LogP contribution in [0.1, 0.15) is 43.7 Å². The summed E-state index contributed by atoms with van der Waals surface area (Å²) in [6, 6.07) is 17.3. The van der Waals surface area contributed by atoms with Gasteiger partial charge in [0.15, 0.2) is 0 Å². The molecule has 32 heavy (non-hydrogen) atoms. The smallest absolute Gasteiger partial charge is 0.328 e. The van der Waals surface area contributed by atoms with Gasteiger partial charge in [-0.25, -0.2) is 9.69 Å². The van der Waals surface area contributed by atoms with Crippen LogP contribution in [0, 0.1) is 0 Å². The minimum Gasteiger partial charge on any atom is -0.350 e. The molecule has 0 spiro atoms. The summed E-state index contributed by atoms with van der Waals surface area (Å²) in [7, 11) is 0. The van der Waals surface area contributed by atoms with Gasteiger partial charge in [0.2, 0.25) is 5.91 Å². The number of carbonyl (C=O) groups is 3. The molecule has 4 amide bonds. The number of rotatable bonds is 11. The van der Waals surface area contributed by atoms with Crippen LogP contribution < -0.4 is 11.1 Å². The van der Waals surface area contributed by atoms with Crippen LogP contribution in [0.25, 0.3) is 0 Å². The SMILES string of the molecule is CCC[C@H](C(=O)NCc1ccccc1)N1C(=O)[C@@H](CCCN)N(Cc2ccccc2)C1=O. The van der Waals surface area contributed by atoms with E-state index in [4.69, 9.17) is 5.73 Å². The van der Waals surface area contributed by atoms with Crippen molar-refractivity contribution in [3.8, 4) is 0 Å². The van der Waals surface area contributed by atoms with Crippen LogP contribution in [-0.4, -0.2) is 46.3 Å². The summed E-state index contributed by atoms with van der Waals surface area (Å²) in [4.78, 5) is 42.6. The van der Waals surface area contributed by atoms with E-state index in [1.807, 2.05) is 67.6 Å². The van der Waals surface area contributed by atoms with Crippen LogP contribution >= 0.6 is 0 Å². The van der Waals surface area contributed by atoms with Crippen molar-refractivity contribution in [2.75, 3.05) is 6.54 Å². The molecule has 7 heteroatoms. The van der Waals surface area contributed by atoms with Gasteiger partial charge in [0.05, 0.1) is 0 Å². The second-order valence-corrected chi connectivity index (χ2v) is 8.06. The lowest BCUT2D eigenvalue weighted by molar-refractivity contribution is -0.136. The minimum atomic E-state index is -0.829. The van der Waals surface area contributed by atoms with Gasteiger partial charge in [0.25, 0.3) is 5.91 Å². The minimum absolute atomic E-state index is 0.309. The van der Waals surface area contributed by atoms with E-state index in [2.05, 4.69) is 5.32 Å². The van der Waals surface area contributed by atoms with Crippen molar-refractivity contribution in [3.05, 3.63) is 71.8 Å². The third-order valence-electron chi connectivity index (χ3n) is 5.71. The first-order valence-electron chi connectivity index (χ1n) is 11.3. The van der Waals surface area contributed by atoms with E-state index < -0.39 is 18.1 Å². The lowest BCUT2D eigenvalue weighted by atomic mass is 10.1. The van der Waals surface area contributed by atoms with Gasteiger partial charge in [0, 0.05) is 13.1 Å². The predicted molar refractivity (Wildman–Crippen MR) is 123 cm³/mol. The first kappa shape index (κ1) is 23.5. The van der Waals surface area contributed by atoms with Crippen LogP contribution in [0.5, 0.6) is 0 Å². The number of nitrogens with one attached hydrogen (secondary N) is 1. The topological polar surface area (TPSA) is 95.7 Å². The standard InChI is InChI=1S/C25H32N4O3/c1-2-10-21(23(30)27-17-19-11-5-3-6-12-19)29-24(31)22(15-9-16-26)28(25(29)32)18-20-13-7-4-8-14-20/h3-8,11-14,21-22H,2,9-10,15-18,26H2,1H3,(H,27,30)/t21-,22-/m1/s1. The number of amides is 4. The maximum Gasteiger partial charge on any atom is 0.328 e. The Morgan fingerprint density at radius 2 is 1.66 bits per heavy atom. The molecule has 0 saturated carbocycles. The summed E-state index contributed by atoms with van der Waals surface area (Å²) in [5, 5.41) is 2.90. The second-order valence-electron chi connectivity index (χ2n) is 8.06. The first-order chi connectivity index (χ1) is 15.6. The highest BCUT2D eigenvalue weighted by Crippen LogP contribution is 2.27. The number of benzene rings is 2. The van der Waals surface area contributed by atoms with Gasteiger partial charge in [-0.1, -0.05) is 74.0 Å². The van der Waals surface area contributed by atoms with Crippen LogP contribution in [0.3, 0.4) is 0 Å². The number of nitrogens with zero attached hydrogens (tertiary/aromatic N) is 2. The zero-order valence-corrected chi connectivity index (χ0v) is 18.6. The third-order valence-corrected chi connectivity index (χ3v) is 5.71. The fraction of sp³-hybridized carbons (Fsp3) is 0.400. The van der Waals surface area contributed by atoms with Crippen molar-refractivity contribution in [3.63, 3.8) is 0 Å². The molecule has 0 unspecified atom stereocenters. The average molecular weight is 437 g/mol. The highest BCUT2D eigenvalue weighted by Gasteiger charge is 2.48. The first-order valence-corrected chi connectivity index (χ1v) is 11.3. The van der Waals surface area contributed by atoms with Crippen molar-refractivity contribution in [1.82, 2.24) is 15.1 Å². The number of urea groups is 1. The maximum atomic E-state index is 13.4. The molecule has 3 N–H and O–H groups in total. The van der Waals surface area contributed by atoms with Crippen LogP contribution in [0.2, 0.25) is 0 Å². The summed E-state index contributed by atoms with van der Waals surface area (Å²) < 4.78 is 0. The summed E-state index contributed by atoms with van der Waals surface area (Å²) in [6.07, 6.45) is 2.20. The molecule has 1 heterocycles. The molecule has 7 nitrogen and oxygen atoms in total. The monoisotopic (exact) mass is 436 g/mol. The largest absolute Gasteiger partial charge is 0.350 e. The van der Waals surface area contributed by atoms with Crippen molar-refractivity contribution < 1.29 is 14.4 Å². The average Bonchev–Trinajstić information content (AvgIpc) is 3.04.